The molecule has 3 aromatic rings. The summed E-state index contributed by atoms with van der Waals surface area (Å²) >= 11 is 5.87. The third-order valence-electron chi connectivity index (χ3n) is 6.03. The first-order valence-corrected chi connectivity index (χ1v) is 12.6. The number of rotatable bonds is 6. The highest BCUT2D eigenvalue weighted by atomic mass is 35.5. The molecule has 2 atom stereocenters. The monoisotopic (exact) mass is 522 g/mol. The van der Waals surface area contributed by atoms with Crippen molar-refractivity contribution in [1.29, 1.82) is 0 Å². The van der Waals surface area contributed by atoms with Crippen LogP contribution in [0.25, 0.3) is 0 Å². The Bertz CT molecular complexity index is 1300. The van der Waals surface area contributed by atoms with Crippen LogP contribution in [0.2, 0.25) is 5.02 Å². The summed E-state index contributed by atoms with van der Waals surface area (Å²) in [5.41, 5.74) is 0.256. The standard InChI is InChI=1S/C25H22ClF3N2O3S/c26-20-9-11-21(12-10-20)35(33,34)31-15-22(18-7-4-8-19(13-18)25(27,28)29)23(16-31)24(32)30-14-17-5-2-1-3-6-17/h1-13,22-23H,14-16H2,(H,30,32)/t22-,23+/m0/s1. The fraction of sp³-hybridized carbons (Fsp3) is 0.240. The molecule has 1 aliphatic heterocycles. The third kappa shape index (κ3) is 5.69. The van der Waals surface area contributed by atoms with Gasteiger partial charge in [-0.05, 0) is 41.5 Å². The molecular formula is C25H22ClF3N2O3S. The molecular weight excluding hydrogens is 501 g/mol. The minimum Gasteiger partial charge on any atom is -0.352 e. The van der Waals surface area contributed by atoms with Gasteiger partial charge in [0.1, 0.15) is 0 Å². The van der Waals surface area contributed by atoms with E-state index in [4.69, 9.17) is 11.6 Å². The van der Waals surface area contributed by atoms with E-state index in [9.17, 15) is 26.4 Å². The molecule has 1 heterocycles. The van der Waals surface area contributed by atoms with Crippen molar-refractivity contribution in [2.75, 3.05) is 13.1 Å². The number of hydrogen-bond donors (Lipinski definition) is 1. The number of halogens is 4. The van der Waals surface area contributed by atoms with Gasteiger partial charge in [-0.1, -0.05) is 60.1 Å². The summed E-state index contributed by atoms with van der Waals surface area (Å²) in [7, 11) is -4.00. The molecule has 0 aromatic heterocycles. The van der Waals surface area contributed by atoms with Gasteiger partial charge in [0.15, 0.2) is 0 Å². The summed E-state index contributed by atoms with van der Waals surface area (Å²) < 4.78 is 67.7. The molecule has 4 rings (SSSR count). The van der Waals surface area contributed by atoms with E-state index < -0.39 is 39.5 Å². The van der Waals surface area contributed by atoms with Gasteiger partial charge in [0, 0.05) is 30.6 Å². The molecule has 0 radical (unpaired) electrons. The summed E-state index contributed by atoms with van der Waals surface area (Å²) in [5, 5.41) is 3.17. The molecule has 1 amide bonds. The number of carbonyl (C=O) groups excluding carboxylic acids is 1. The van der Waals surface area contributed by atoms with Crippen molar-refractivity contribution >= 4 is 27.5 Å². The number of nitrogens with zero attached hydrogens (tertiary/aromatic N) is 1. The van der Waals surface area contributed by atoms with Gasteiger partial charge < -0.3 is 5.32 Å². The highest BCUT2D eigenvalue weighted by Crippen LogP contribution is 2.38. The first-order valence-electron chi connectivity index (χ1n) is 10.8. The van der Waals surface area contributed by atoms with Gasteiger partial charge in [-0.15, -0.1) is 0 Å². The Labute approximate surface area is 206 Å². The second-order valence-electron chi connectivity index (χ2n) is 8.32. The van der Waals surface area contributed by atoms with Gasteiger partial charge in [0.25, 0.3) is 0 Å². The van der Waals surface area contributed by atoms with Crippen LogP contribution in [0.15, 0.2) is 83.8 Å². The molecule has 0 bridgehead atoms. The Morgan fingerprint density at radius 2 is 1.66 bits per heavy atom. The van der Waals surface area contributed by atoms with Crippen LogP contribution >= 0.6 is 11.6 Å². The molecule has 1 saturated heterocycles. The molecule has 35 heavy (non-hydrogen) atoms. The van der Waals surface area contributed by atoms with Crippen LogP contribution in [0, 0.1) is 5.92 Å². The lowest BCUT2D eigenvalue weighted by molar-refractivity contribution is -0.137. The first-order chi connectivity index (χ1) is 16.6. The molecule has 1 N–H and O–H groups in total. The van der Waals surface area contributed by atoms with Crippen molar-refractivity contribution in [1.82, 2.24) is 9.62 Å². The molecule has 0 unspecified atom stereocenters. The second kappa shape index (κ2) is 10.0. The van der Waals surface area contributed by atoms with Crippen molar-refractivity contribution < 1.29 is 26.4 Å². The van der Waals surface area contributed by atoms with Gasteiger partial charge in [0.05, 0.1) is 16.4 Å². The maximum Gasteiger partial charge on any atom is 0.416 e. The Kier molecular flexibility index (Phi) is 7.21. The number of benzene rings is 3. The molecule has 10 heteroatoms. The van der Waals surface area contributed by atoms with E-state index in [-0.39, 0.29) is 30.1 Å². The van der Waals surface area contributed by atoms with Gasteiger partial charge >= 0.3 is 6.18 Å². The highest BCUT2D eigenvalue weighted by Gasteiger charge is 2.44. The molecule has 0 spiro atoms. The quantitative estimate of drug-likeness (QED) is 0.491. The van der Waals surface area contributed by atoms with E-state index in [0.717, 1.165) is 22.0 Å². The fourth-order valence-electron chi connectivity index (χ4n) is 4.18. The molecule has 0 saturated carbocycles. The first kappa shape index (κ1) is 25.2. The third-order valence-corrected chi connectivity index (χ3v) is 8.12. The lowest BCUT2D eigenvalue weighted by atomic mass is 9.87. The Morgan fingerprint density at radius 1 is 0.971 bits per heavy atom. The van der Waals surface area contributed by atoms with Crippen LogP contribution in [0.1, 0.15) is 22.6 Å². The van der Waals surface area contributed by atoms with Gasteiger partial charge in [0.2, 0.25) is 15.9 Å². The number of alkyl halides is 3. The van der Waals surface area contributed by atoms with Crippen LogP contribution in [0.5, 0.6) is 0 Å². The number of hydrogen-bond acceptors (Lipinski definition) is 3. The minimum atomic E-state index is -4.56. The lowest BCUT2D eigenvalue weighted by Crippen LogP contribution is -2.35. The molecule has 5 nitrogen and oxygen atoms in total. The fourth-order valence-corrected chi connectivity index (χ4v) is 5.80. The predicted molar refractivity (Wildman–Crippen MR) is 126 cm³/mol. The van der Waals surface area contributed by atoms with Crippen molar-refractivity contribution in [2.45, 2.75) is 23.5 Å². The van der Waals surface area contributed by atoms with E-state index in [1.165, 1.54) is 36.4 Å². The summed E-state index contributed by atoms with van der Waals surface area (Å²) in [5.74, 6) is -2.05. The smallest absolute Gasteiger partial charge is 0.352 e. The number of carbonyl (C=O) groups is 1. The predicted octanol–water partition coefficient (Wildman–Crippen LogP) is 5.08. The maximum absolute atomic E-state index is 13.3. The van der Waals surface area contributed by atoms with E-state index >= 15 is 0 Å². The van der Waals surface area contributed by atoms with E-state index in [2.05, 4.69) is 5.32 Å². The summed E-state index contributed by atoms with van der Waals surface area (Å²) in [6.07, 6.45) is -4.56. The van der Waals surface area contributed by atoms with Gasteiger partial charge in [-0.3, -0.25) is 4.79 Å². The van der Waals surface area contributed by atoms with Crippen molar-refractivity contribution in [3.05, 3.63) is 101 Å². The SMILES string of the molecule is O=C(NCc1ccccc1)[C@@H]1CN(S(=O)(=O)c2ccc(Cl)cc2)C[C@H]1c1cccc(C(F)(F)F)c1. The second-order valence-corrected chi connectivity index (χ2v) is 10.7. The van der Waals surface area contributed by atoms with Gasteiger partial charge in [-0.25, -0.2) is 8.42 Å². The van der Waals surface area contributed by atoms with Gasteiger partial charge in [-0.2, -0.15) is 17.5 Å². The zero-order valence-electron chi connectivity index (χ0n) is 18.4. The van der Waals surface area contributed by atoms with Crippen LogP contribution in [0.3, 0.4) is 0 Å². The molecule has 184 valence electrons. The number of nitrogens with one attached hydrogen (secondary N) is 1. The van der Waals surface area contributed by atoms with Crippen LogP contribution < -0.4 is 5.32 Å². The lowest BCUT2D eigenvalue weighted by Gasteiger charge is -2.19. The average Bonchev–Trinajstić information content (AvgIpc) is 3.30. The number of amides is 1. The topological polar surface area (TPSA) is 66.5 Å². The average molecular weight is 523 g/mol. The van der Waals surface area contributed by atoms with E-state index in [1.807, 2.05) is 30.3 Å². The Hall–Kier alpha value is -2.88. The van der Waals surface area contributed by atoms with Crippen LogP contribution in [0.4, 0.5) is 13.2 Å². The van der Waals surface area contributed by atoms with Crippen LogP contribution in [-0.2, 0) is 27.5 Å². The van der Waals surface area contributed by atoms with Crippen molar-refractivity contribution in [3.8, 4) is 0 Å². The molecule has 1 aliphatic rings. The van der Waals surface area contributed by atoms with Crippen molar-refractivity contribution in [3.63, 3.8) is 0 Å². The van der Waals surface area contributed by atoms with Crippen molar-refractivity contribution in [2.24, 2.45) is 5.92 Å². The normalized spacial score (nSPS) is 19.0. The summed E-state index contributed by atoms with van der Waals surface area (Å²) in [4.78, 5) is 13.2. The zero-order chi connectivity index (χ0) is 25.2. The molecule has 3 aromatic carbocycles. The molecule has 1 fully saturated rings. The summed E-state index contributed by atoms with van der Waals surface area (Å²) in [6, 6.07) is 19.5. The van der Waals surface area contributed by atoms with Crippen LogP contribution in [-0.4, -0.2) is 31.7 Å². The largest absolute Gasteiger partial charge is 0.416 e. The minimum absolute atomic E-state index is 0.00460. The maximum atomic E-state index is 13.3. The number of sulfonamides is 1. The van der Waals surface area contributed by atoms with E-state index in [0.29, 0.717) is 5.02 Å². The highest BCUT2D eigenvalue weighted by molar-refractivity contribution is 7.89. The van der Waals surface area contributed by atoms with E-state index in [1.54, 1.807) is 0 Å². The Balaban J connectivity index is 1.64. The Morgan fingerprint density at radius 3 is 2.31 bits per heavy atom. The summed E-state index contributed by atoms with van der Waals surface area (Å²) in [6.45, 7) is -0.0718. The molecule has 0 aliphatic carbocycles. The zero-order valence-corrected chi connectivity index (χ0v) is 19.9.